The largest absolute Gasteiger partial charge is 0.489 e. The summed E-state index contributed by atoms with van der Waals surface area (Å²) in [5.74, 6) is -2.17. The van der Waals surface area contributed by atoms with Gasteiger partial charge in [0.2, 0.25) is 0 Å². The fraction of sp³-hybridized carbons (Fsp3) is 0.273. The van der Waals surface area contributed by atoms with E-state index < -0.39 is 28.1 Å². The molecule has 0 amide bonds. The first-order valence-corrected chi connectivity index (χ1v) is 9.27. The molecule has 0 aliphatic rings. The number of carbonyl (C=O) groups is 2. The van der Waals surface area contributed by atoms with Gasteiger partial charge in [0.15, 0.2) is 11.3 Å². The summed E-state index contributed by atoms with van der Waals surface area (Å²) in [6, 6.07) is 11.7. The lowest BCUT2D eigenvalue weighted by molar-refractivity contribution is -0.385. The van der Waals surface area contributed by atoms with E-state index in [9.17, 15) is 24.8 Å². The maximum atomic E-state index is 12.4. The quantitative estimate of drug-likeness (QED) is 0.279. The first-order chi connectivity index (χ1) is 14.1. The van der Waals surface area contributed by atoms with E-state index >= 15 is 0 Å². The van der Waals surface area contributed by atoms with Crippen molar-refractivity contribution in [1.29, 1.82) is 0 Å². The molecule has 0 aliphatic heterocycles. The number of ketones is 1. The molecule has 2 aromatic carbocycles. The Kier molecular flexibility index (Phi) is 7.07. The number of carboxylic acid groups (broad SMARTS) is 1. The second-order valence-electron chi connectivity index (χ2n) is 7.27. The smallest absolute Gasteiger partial charge is 0.332 e. The van der Waals surface area contributed by atoms with Crippen LogP contribution in [0.5, 0.6) is 5.75 Å². The summed E-state index contributed by atoms with van der Waals surface area (Å²) in [5.41, 5.74) is 5.67. The molecule has 0 radical (unpaired) electrons. The lowest BCUT2D eigenvalue weighted by Crippen LogP contribution is -2.58. The molecule has 2 aromatic rings. The van der Waals surface area contributed by atoms with Gasteiger partial charge in [-0.05, 0) is 42.2 Å². The van der Waals surface area contributed by atoms with Gasteiger partial charge in [-0.1, -0.05) is 44.2 Å². The van der Waals surface area contributed by atoms with E-state index in [4.69, 9.17) is 10.5 Å². The van der Waals surface area contributed by atoms with Gasteiger partial charge in [0.25, 0.3) is 5.69 Å². The van der Waals surface area contributed by atoms with E-state index in [0.717, 1.165) is 6.08 Å². The summed E-state index contributed by atoms with van der Waals surface area (Å²) >= 11 is 0. The van der Waals surface area contributed by atoms with Gasteiger partial charge in [-0.15, -0.1) is 0 Å². The molecule has 1 atom stereocenters. The number of aryl methyl sites for hydroxylation is 1. The fourth-order valence-corrected chi connectivity index (χ4v) is 2.76. The normalized spacial score (nSPS) is 13.2. The predicted molar refractivity (Wildman–Crippen MR) is 112 cm³/mol. The van der Waals surface area contributed by atoms with E-state index in [2.05, 4.69) is 0 Å². The summed E-state index contributed by atoms with van der Waals surface area (Å²) in [6.45, 7) is 4.94. The Hall–Kier alpha value is -3.52. The van der Waals surface area contributed by atoms with Crippen molar-refractivity contribution in [3.63, 3.8) is 0 Å². The number of nitro groups is 1. The van der Waals surface area contributed by atoms with Crippen LogP contribution in [0.3, 0.4) is 0 Å². The maximum absolute atomic E-state index is 12.4. The van der Waals surface area contributed by atoms with Crippen LogP contribution in [0.25, 0.3) is 6.08 Å². The van der Waals surface area contributed by atoms with Gasteiger partial charge in [-0.3, -0.25) is 14.9 Å². The number of benzene rings is 2. The molecule has 8 nitrogen and oxygen atoms in total. The molecular formula is C22H24N2O6. The Balaban J connectivity index is 2.12. The average molecular weight is 412 g/mol. The van der Waals surface area contributed by atoms with Crippen LogP contribution in [0.2, 0.25) is 0 Å². The molecule has 0 unspecified atom stereocenters. The van der Waals surface area contributed by atoms with E-state index in [1.54, 1.807) is 57.2 Å². The van der Waals surface area contributed by atoms with Crippen molar-refractivity contribution >= 4 is 23.5 Å². The molecule has 30 heavy (non-hydrogen) atoms. The van der Waals surface area contributed by atoms with Gasteiger partial charge in [0.05, 0.1) is 4.92 Å². The summed E-state index contributed by atoms with van der Waals surface area (Å²) in [6.07, 6.45) is 2.62. The number of nitrogens with two attached hydrogens (primary N) is 1. The number of carboxylic acids is 1. The van der Waals surface area contributed by atoms with Crippen molar-refractivity contribution in [3.05, 3.63) is 75.3 Å². The Morgan fingerprint density at radius 3 is 2.57 bits per heavy atom. The molecule has 0 aromatic heterocycles. The summed E-state index contributed by atoms with van der Waals surface area (Å²) in [7, 11) is 0. The van der Waals surface area contributed by atoms with Crippen molar-refractivity contribution < 1.29 is 24.4 Å². The number of nitrogens with zero attached hydrogens (tertiary/aromatic N) is 1. The van der Waals surface area contributed by atoms with E-state index in [0.29, 0.717) is 22.4 Å². The van der Waals surface area contributed by atoms with E-state index in [1.807, 2.05) is 0 Å². The highest BCUT2D eigenvalue weighted by Crippen LogP contribution is 2.22. The van der Waals surface area contributed by atoms with Crippen molar-refractivity contribution in [2.45, 2.75) is 32.9 Å². The SMILES string of the molecule is Cc1ccc(COc2cccc(/C=C/C(=O)[C@](N)(C(=O)O)C(C)C)c2)cc1[N+](=O)[O-]. The van der Waals surface area contributed by atoms with Crippen molar-refractivity contribution in [1.82, 2.24) is 0 Å². The van der Waals surface area contributed by atoms with E-state index in [-0.39, 0.29) is 12.3 Å². The molecule has 0 bridgehead atoms. The second-order valence-corrected chi connectivity index (χ2v) is 7.27. The van der Waals surface area contributed by atoms with Gasteiger partial charge >= 0.3 is 5.97 Å². The van der Waals surface area contributed by atoms with Crippen LogP contribution < -0.4 is 10.5 Å². The highest BCUT2D eigenvalue weighted by Gasteiger charge is 2.43. The molecule has 3 N–H and O–H groups in total. The molecule has 0 spiro atoms. The Morgan fingerprint density at radius 2 is 1.97 bits per heavy atom. The third-order valence-electron chi connectivity index (χ3n) is 4.83. The van der Waals surface area contributed by atoms with Crippen LogP contribution in [-0.4, -0.2) is 27.3 Å². The zero-order valence-electron chi connectivity index (χ0n) is 17.0. The van der Waals surface area contributed by atoms with Gasteiger partial charge in [-0.2, -0.15) is 0 Å². The first kappa shape index (κ1) is 22.8. The number of carbonyl (C=O) groups excluding carboxylic acids is 1. The second kappa shape index (κ2) is 9.32. The van der Waals surface area contributed by atoms with Crippen LogP contribution >= 0.6 is 0 Å². The monoisotopic (exact) mass is 412 g/mol. The van der Waals surface area contributed by atoms with Crippen molar-refractivity contribution in [2.75, 3.05) is 0 Å². The Morgan fingerprint density at radius 1 is 1.27 bits per heavy atom. The summed E-state index contributed by atoms with van der Waals surface area (Å²) in [5, 5.41) is 20.4. The van der Waals surface area contributed by atoms with Crippen LogP contribution in [0.15, 0.2) is 48.5 Å². The van der Waals surface area contributed by atoms with Crippen molar-refractivity contribution in [2.24, 2.45) is 11.7 Å². The molecule has 2 rings (SSSR count). The summed E-state index contributed by atoms with van der Waals surface area (Å²) in [4.78, 5) is 34.4. The van der Waals surface area contributed by atoms with Crippen molar-refractivity contribution in [3.8, 4) is 5.75 Å². The molecule has 0 aliphatic carbocycles. The molecular weight excluding hydrogens is 388 g/mol. The number of rotatable bonds is 9. The van der Waals surface area contributed by atoms with Gasteiger partial charge in [-0.25, -0.2) is 4.79 Å². The Bertz CT molecular complexity index is 999. The van der Waals surface area contributed by atoms with Gasteiger partial charge in [0, 0.05) is 11.6 Å². The minimum absolute atomic E-state index is 0.0279. The van der Waals surface area contributed by atoms with Crippen LogP contribution in [0.1, 0.15) is 30.5 Å². The number of hydrogen-bond acceptors (Lipinski definition) is 6. The average Bonchev–Trinajstić information content (AvgIpc) is 2.70. The van der Waals surface area contributed by atoms with Gasteiger partial charge < -0.3 is 15.6 Å². The fourth-order valence-electron chi connectivity index (χ4n) is 2.76. The van der Waals surface area contributed by atoms with Gasteiger partial charge in [0.1, 0.15) is 12.4 Å². The number of aliphatic carboxylic acids is 1. The van der Waals surface area contributed by atoms with Crippen LogP contribution in [0.4, 0.5) is 5.69 Å². The number of ether oxygens (including phenoxy) is 1. The number of hydrogen-bond donors (Lipinski definition) is 2. The van der Waals surface area contributed by atoms with Crippen LogP contribution in [0, 0.1) is 23.0 Å². The third-order valence-corrected chi connectivity index (χ3v) is 4.83. The standard InChI is InChI=1S/C22H24N2O6/c1-14(2)22(23,21(26)27)20(25)10-9-16-5-4-6-18(11-16)30-13-17-8-7-15(3)19(12-17)24(28)29/h4-12,14H,13,23H2,1-3H3,(H,26,27)/b10-9+/t22-/m0/s1. The van der Waals surface area contributed by atoms with Crippen LogP contribution in [-0.2, 0) is 16.2 Å². The minimum atomic E-state index is -2.00. The number of nitro benzene ring substituents is 1. The summed E-state index contributed by atoms with van der Waals surface area (Å²) < 4.78 is 5.70. The molecule has 8 heteroatoms. The zero-order chi connectivity index (χ0) is 22.5. The molecule has 158 valence electrons. The molecule has 0 saturated heterocycles. The predicted octanol–water partition coefficient (Wildman–Crippen LogP) is 3.50. The lowest BCUT2D eigenvalue weighted by Gasteiger charge is -2.25. The highest BCUT2D eigenvalue weighted by molar-refractivity contribution is 6.14. The maximum Gasteiger partial charge on any atom is 0.332 e. The molecule has 0 heterocycles. The minimum Gasteiger partial charge on any atom is -0.489 e. The third kappa shape index (κ3) is 5.09. The zero-order valence-corrected chi connectivity index (χ0v) is 17.0. The lowest BCUT2D eigenvalue weighted by atomic mass is 9.83. The first-order valence-electron chi connectivity index (χ1n) is 9.27. The van der Waals surface area contributed by atoms with E-state index in [1.165, 1.54) is 12.1 Å². The molecule has 0 fully saturated rings. The molecule has 0 saturated carbocycles. The Labute approximate surface area is 174 Å². The highest BCUT2D eigenvalue weighted by atomic mass is 16.6. The topological polar surface area (TPSA) is 133 Å².